The molecule has 0 aromatic carbocycles. The van der Waals surface area contributed by atoms with Gasteiger partial charge in [0.1, 0.15) is 4.88 Å². The van der Waals surface area contributed by atoms with Crippen LogP contribution in [0.4, 0.5) is 0 Å². The normalized spacial score (nSPS) is 20.3. The van der Waals surface area contributed by atoms with Gasteiger partial charge < -0.3 is 14.7 Å². The maximum atomic E-state index is 12.1. The summed E-state index contributed by atoms with van der Waals surface area (Å²) in [6.45, 7) is 2.50. The third-order valence-electron chi connectivity index (χ3n) is 2.51. The Morgan fingerprint density at radius 1 is 1.65 bits per heavy atom. The third kappa shape index (κ3) is 2.45. The molecule has 6 nitrogen and oxygen atoms in total. The van der Waals surface area contributed by atoms with Gasteiger partial charge in [-0.25, -0.2) is 4.79 Å². The van der Waals surface area contributed by atoms with E-state index in [4.69, 9.17) is 9.84 Å². The highest BCUT2D eigenvalue weighted by molar-refractivity contribution is 7.08. The lowest BCUT2D eigenvalue weighted by Crippen LogP contribution is -2.52. The Bertz CT molecular complexity index is 445. The number of nitrogens with zero attached hydrogens (tertiary/aromatic N) is 2. The van der Waals surface area contributed by atoms with E-state index in [-0.39, 0.29) is 12.5 Å². The van der Waals surface area contributed by atoms with Gasteiger partial charge in [0.15, 0.2) is 6.04 Å². The molecule has 0 saturated carbocycles. The lowest BCUT2D eigenvalue weighted by molar-refractivity contribution is -0.147. The van der Waals surface area contributed by atoms with Gasteiger partial charge in [-0.3, -0.25) is 4.79 Å². The quantitative estimate of drug-likeness (QED) is 0.827. The molecule has 92 valence electrons. The van der Waals surface area contributed by atoms with Crippen molar-refractivity contribution >= 4 is 23.4 Å². The number of aromatic nitrogens is 1. The molecule has 0 aliphatic carbocycles. The van der Waals surface area contributed by atoms with E-state index in [0.717, 1.165) is 17.2 Å². The van der Waals surface area contributed by atoms with Gasteiger partial charge in [-0.2, -0.15) is 4.37 Å². The van der Waals surface area contributed by atoms with E-state index in [2.05, 4.69) is 4.37 Å². The van der Waals surface area contributed by atoms with Crippen LogP contribution in [0.25, 0.3) is 0 Å². The minimum absolute atomic E-state index is 0.0405. The summed E-state index contributed by atoms with van der Waals surface area (Å²) in [6, 6.07) is 0.764. The first-order valence-corrected chi connectivity index (χ1v) is 5.92. The highest BCUT2D eigenvalue weighted by Crippen LogP contribution is 2.16. The van der Waals surface area contributed by atoms with Crippen LogP contribution in [0.15, 0.2) is 6.07 Å². The highest BCUT2D eigenvalue weighted by Gasteiger charge is 2.33. The van der Waals surface area contributed by atoms with Crippen molar-refractivity contribution in [2.45, 2.75) is 13.0 Å². The molecule has 1 aromatic heterocycles. The molecule has 0 spiro atoms. The number of aliphatic carboxylic acids is 1. The van der Waals surface area contributed by atoms with Crippen LogP contribution in [0.1, 0.15) is 15.4 Å². The van der Waals surface area contributed by atoms with Gasteiger partial charge in [-0.15, -0.1) is 0 Å². The lowest BCUT2D eigenvalue weighted by atomic mass is 10.2. The van der Waals surface area contributed by atoms with Gasteiger partial charge in [0.25, 0.3) is 5.91 Å². The fourth-order valence-electron chi connectivity index (χ4n) is 1.66. The predicted molar refractivity (Wildman–Crippen MR) is 60.1 cm³/mol. The maximum Gasteiger partial charge on any atom is 0.328 e. The average molecular weight is 256 g/mol. The Labute approximate surface area is 102 Å². The zero-order chi connectivity index (χ0) is 12.4. The molecule has 1 unspecified atom stereocenters. The average Bonchev–Trinajstić information content (AvgIpc) is 2.75. The first-order valence-electron chi connectivity index (χ1n) is 5.14. The number of carboxylic acids is 1. The van der Waals surface area contributed by atoms with Crippen LogP contribution in [0.5, 0.6) is 0 Å². The van der Waals surface area contributed by atoms with E-state index >= 15 is 0 Å². The van der Waals surface area contributed by atoms with Crippen molar-refractivity contribution in [2.75, 3.05) is 19.8 Å². The number of rotatable bonds is 2. The summed E-state index contributed by atoms with van der Waals surface area (Å²) >= 11 is 1.09. The maximum absolute atomic E-state index is 12.1. The molecule has 7 heteroatoms. The van der Waals surface area contributed by atoms with E-state index in [0.29, 0.717) is 18.0 Å². The standard InChI is InChI=1S/C10H12N2O4S/c1-6-4-8(17-11-6)9(13)12-2-3-16-5-7(12)10(14)15/h4,7H,2-3,5H2,1H3,(H,14,15). The molecule has 1 saturated heterocycles. The number of morpholine rings is 1. The number of amides is 1. The number of carbonyl (C=O) groups excluding carboxylic acids is 1. The van der Waals surface area contributed by atoms with Crippen LogP contribution in [0, 0.1) is 6.92 Å². The second-order valence-corrected chi connectivity index (χ2v) is 4.57. The second-order valence-electron chi connectivity index (χ2n) is 3.76. The van der Waals surface area contributed by atoms with Crippen molar-refractivity contribution in [3.63, 3.8) is 0 Å². The third-order valence-corrected chi connectivity index (χ3v) is 3.38. The summed E-state index contributed by atoms with van der Waals surface area (Å²) in [5, 5.41) is 9.02. The van der Waals surface area contributed by atoms with E-state index in [1.807, 2.05) is 0 Å². The van der Waals surface area contributed by atoms with Gasteiger partial charge in [-0.1, -0.05) is 0 Å². The second kappa shape index (κ2) is 4.80. The molecule has 1 N–H and O–H groups in total. The summed E-state index contributed by atoms with van der Waals surface area (Å²) in [4.78, 5) is 24.9. The molecule has 1 amide bonds. The Morgan fingerprint density at radius 2 is 2.41 bits per heavy atom. The molecular weight excluding hydrogens is 244 g/mol. The van der Waals surface area contributed by atoms with Crippen LogP contribution in [0.2, 0.25) is 0 Å². The molecule has 1 aliphatic heterocycles. The Hall–Kier alpha value is -1.47. The SMILES string of the molecule is Cc1cc(C(=O)N2CCOCC2C(=O)O)sn1. The Kier molecular flexibility index (Phi) is 3.39. The van der Waals surface area contributed by atoms with Crippen molar-refractivity contribution in [1.29, 1.82) is 0 Å². The Morgan fingerprint density at radius 3 is 3.00 bits per heavy atom. The molecular formula is C10H12N2O4S. The van der Waals surface area contributed by atoms with Crippen molar-refractivity contribution in [2.24, 2.45) is 0 Å². The molecule has 1 fully saturated rings. The van der Waals surface area contributed by atoms with Crippen LogP contribution in [-0.2, 0) is 9.53 Å². The largest absolute Gasteiger partial charge is 0.480 e. The van der Waals surface area contributed by atoms with Gasteiger partial charge in [-0.05, 0) is 24.5 Å². The number of ether oxygens (including phenoxy) is 1. The number of carbonyl (C=O) groups is 2. The van der Waals surface area contributed by atoms with Gasteiger partial charge in [0.05, 0.1) is 18.9 Å². The molecule has 2 heterocycles. The number of carboxylic acid groups (broad SMARTS) is 1. The fraction of sp³-hybridized carbons (Fsp3) is 0.500. The predicted octanol–water partition coefficient (Wildman–Crippen LogP) is 0.377. The first kappa shape index (κ1) is 12.0. The molecule has 2 rings (SSSR count). The first-order chi connectivity index (χ1) is 8.09. The lowest BCUT2D eigenvalue weighted by Gasteiger charge is -2.32. The molecule has 1 aromatic rings. The van der Waals surface area contributed by atoms with Crippen LogP contribution in [-0.4, -0.2) is 52.1 Å². The van der Waals surface area contributed by atoms with Crippen LogP contribution in [0.3, 0.4) is 0 Å². The summed E-state index contributed by atoms with van der Waals surface area (Å²) in [5.74, 6) is -1.33. The van der Waals surface area contributed by atoms with Gasteiger partial charge in [0, 0.05) is 6.54 Å². The smallest absolute Gasteiger partial charge is 0.328 e. The monoisotopic (exact) mass is 256 g/mol. The van der Waals surface area contributed by atoms with E-state index in [1.54, 1.807) is 13.0 Å². The van der Waals surface area contributed by atoms with Crippen molar-refractivity contribution < 1.29 is 19.4 Å². The van der Waals surface area contributed by atoms with Crippen LogP contribution < -0.4 is 0 Å². The van der Waals surface area contributed by atoms with Gasteiger partial charge >= 0.3 is 5.97 Å². The van der Waals surface area contributed by atoms with Crippen molar-refractivity contribution in [3.8, 4) is 0 Å². The summed E-state index contributed by atoms with van der Waals surface area (Å²) in [6.07, 6.45) is 0. The molecule has 1 atom stereocenters. The fourth-order valence-corrected chi connectivity index (χ4v) is 2.37. The topological polar surface area (TPSA) is 79.7 Å². The number of hydrogen-bond donors (Lipinski definition) is 1. The molecule has 17 heavy (non-hydrogen) atoms. The zero-order valence-electron chi connectivity index (χ0n) is 9.25. The molecule has 0 bridgehead atoms. The van der Waals surface area contributed by atoms with Crippen molar-refractivity contribution in [3.05, 3.63) is 16.6 Å². The number of aryl methyl sites for hydroxylation is 1. The number of hydrogen-bond acceptors (Lipinski definition) is 5. The molecule has 0 radical (unpaired) electrons. The minimum atomic E-state index is -1.04. The zero-order valence-corrected chi connectivity index (χ0v) is 10.1. The summed E-state index contributed by atoms with van der Waals surface area (Å²) in [5.41, 5.74) is 0.762. The van der Waals surface area contributed by atoms with E-state index < -0.39 is 12.0 Å². The Balaban J connectivity index is 2.19. The summed E-state index contributed by atoms with van der Waals surface area (Å²) in [7, 11) is 0. The minimum Gasteiger partial charge on any atom is -0.480 e. The van der Waals surface area contributed by atoms with Crippen molar-refractivity contribution in [1.82, 2.24) is 9.27 Å². The summed E-state index contributed by atoms with van der Waals surface area (Å²) < 4.78 is 9.10. The molecule has 1 aliphatic rings. The highest BCUT2D eigenvalue weighted by atomic mass is 32.1. The van der Waals surface area contributed by atoms with Gasteiger partial charge in [0.2, 0.25) is 0 Å². The van der Waals surface area contributed by atoms with E-state index in [9.17, 15) is 9.59 Å². The van der Waals surface area contributed by atoms with E-state index in [1.165, 1.54) is 4.90 Å². The van der Waals surface area contributed by atoms with Crippen LogP contribution >= 0.6 is 11.5 Å².